The molecular formula is C17H15NO6. The topological polar surface area (TPSA) is 87.0 Å². The number of ether oxygens (including phenoxy) is 3. The third-order valence-electron chi connectivity index (χ3n) is 3.20. The third-order valence-corrected chi connectivity index (χ3v) is 3.20. The van der Waals surface area contributed by atoms with Crippen LogP contribution in [0.4, 0.5) is 0 Å². The normalized spacial score (nSPS) is 12.8. The van der Waals surface area contributed by atoms with Crippen molar-refractivity contribution in [3.05, 3.63) is 53.6 Å². The van der Waals surface area contributed by atoms with E-state index in [4.69, 9.17) is 18.6 Å². The first-order chi connectivity index (χ1) is 11.7. The van der Waals surface area contributed by atoms with Gasteiger partial charge in [0.2, 0.25) is 6.79 Å². The number of nitrogens with one attached hydrogen (secondary N) is 1. The van der Waals surface area contributed by atoms with Crippen LogP contribution in [0.5, 0.6) is 11.5 Å². The molecule has 1 amide bonds. The van der Waals surface area contributed by atoms with Crippen molar-refractivity contribution in [2.45, 2.75) is 6.92 Å². The first-order valence-electron chi connectivity index (χ1n) is 7.30. The van der Waals surface area contributed by atoms with E-state index < -0.39 is 11.9 Å². The summed E-state index contributed by atoms with van der Waals surface area (Å²) >= 11 is 0. The Balaban J connectivity index is 1.86. The van der Waals surface area contributed by atoms with Crippen molar-refractivity contribution in [2.75, 3.05) is 13.4 Å². The molecule has 124 valence electrons. The summed E-state index contributed by atoms with van der Waals surface area (Å²) < 4.78 is 20.5. The molecule has 1 aliphatic rings. The molecule has 0 saturated carbocycles. The molecule has 0 unspecified atom stereocenters. The highest BCUT2D eigenvalue weighted by Gasteiger charge is 2.18. The average Bonchev–Trinajstić information content (AvgIpc) is 3.25. The van der Waals surface area contributed by atoms with Crippen molar-refractivity contribution in [3.8, 4) is 11.5 Å². The van der Waals surface area contributed by atoms with Gasteiger partial charge in [0, 0.05) is 0 Å². The number of hydrogen-bond donors (Lipinski definition) is 1. The molecule has 0 radical (unpaired) electrons. The standard InChI is InChI=1S/C17H15NO6/c1-2-21-17(20)12(18-16(19)14-4-3-7-22-14)8-11-5-6-13-15(9-11)24-10-23-13/h3-9H,2,10H2,1H3,(H,18,19)/b12-8-. The molecule has 2 aromatic rings. The van der Waals surface area contributed by atoms with Crippen LogP contribution in [0.3, 0.4) is 0 Å². The van der Waals surface area contributed by atoms with Gasteiger partial charge in [-0.05, 0) is 42.8 Å². The fraction of sp³-hybridized carbons (Fsp3) is 0.176. The molecule has 3 rings (SSSR count). The third kappa shape index (κ3) is 3.40. The molecule has 1 aromatic carbocycles. The smallest absolute Gasteiger partial charge is 0.354 e. The Bertz CT molecular complexity index is 778. The van der Waals surface area contributed by atoms with Crippen LogP contribution in [0.1, 0.15) is 23.0 Å². The largest absolute Gasteiger partial charge is 0.461 e. The lowest BCUT2D eigenvalue weighted by molar-refractivity contribution is -0.138. The Morgan fingerprint density at radius 3 is 2.83 bits per heavy atom. The van der Waals surface area contributed by atoms with E-state index in [1.807, 2.05) is 0 Å². The van der Waals surface area contributed by atoms with Crippen molar-refractivity contribution in [2.24, 2.45) is 0 Å². The van der Waals surface area contributed by atoms with E-state index in [2.05, 4.69) is 5.32 Å². The summed E-state index contributed by atoms with van der Waals surface area (Å²) in [5.41, 5.74) is 0.652. The van der Waals surface area contributed by atoms with Crippen molar-refractivity contribution in [1.29, 1.82) is 0 Å². The van der Waals surface area contributed by atoms with Gasteiger partial charge in [0.1, 0.15) is 5.70 Å². The molecule has 2 heterocycles. The Labute approximate surface area is 137 Å². The Kier molecular flexibility index (Phi) is 4.51. The van der Waals surface area contributed by atoms with Crippen LogP contribution in [0.15, 0.2) is 46.7 Å². The number of amides is 1. The van der Waals surface area contributed by atoms with Crippen LogP contribution < -0.4 is 14.8 Å². The maximum absolute atomic E-state index is 12.1. The predicted molar refractivity (Wildman–Crippen MR) is 83.3 cm³/mol. The second-order valence-electron chi connectivity index (χ2n) is 4.82. The number of benzene rings is 1. The molecular weight excluding hydrogens is 314 g/mol. The molecule has 24 heavy (non-hydrogen) atoms. The molecule has 7 heteroatoms. The number of esters is 1. The number of furan rings is 1. The van der Waals surface area contributed by atoms with Crippen LogP contribution >= 0.6 is 0 Å². The summed E-state index contributed by atoms with van der Waals surface area (Å²) in [4.78, 5) is 24.2. The fourth-order valence-electron chi connectivity index (χ4n) is 2.12. The van der Waals surface area contributed by atoms with Crippen LogP contribution in [-0.2, 0) is 9.53 Å². The summed E-state index contributed by atoms with van der Waals surface area (Å²) in [6.45, 7) is 2.03. The first-order valence-corrected chi connectivity index (χ1v) is 7.30. The Hall–Kier alpha value is -3.22. The van der Waals surface area contributed by atoms with Gasteiger partial charge in [-0.2, -0.15) is 0 Å². The Morgan fingerprint density at radius 2 is 2.08 bits per heavy atom. The van der Waals surface area contributed by atoms with Crippen molar-refractivity contribution >= 4 is 18.0 Å². The SMILES string of the molecule is CCOC(=O)/C(=C/c1ccc2c(c1)OCO2)NC(=O)c1ccco1. The number of rotatable bonds is 5. The van der Waals surface area contributed by atoms with Gasteiger partial charge in [0.15, 0.2) is 17.3 Å². The highest BCUT2D eigenvalue weighted by molar-refractivity contribution is 6.02. The van der Waals surface area contributed by atoms with E-state index in [-0.39, 0.29) is 24.9 Å². The summed E-state index contributed by atoms with van der Waals surface area (Å²) in [5, 5.41) is 2.50. The molecule has 0 saturated heterocycles. The van der Waals surface area contributed by atoms with Gasteiger partial charge in [-0.1, -0.05) is 6.07 Å². The average molecular weight is 329 g/mol. The minimum Gasteiger partial charge on any atom is -0.461 e. The molecule has 7 nitrogen and oxygen atoms in total. The fourth-order valence-corrected chi connectivity index (χ4v) is 2.12. The molecule has 0 bridgehead atoms. The van der Waals surface area contributed by atoms with Crippen LogP contribution in [0.25, 0.3) is 6.08 Å². The summed E-state index contributed by atoms with van der Waals surface area (Å²) in [6.07, 6.45) is 2.88. The van der Waals surface area contributed by atoms with Gasteiger partial charge >= 0.3 is 5.97 Å². The molecule has 0 atom stereocenters. The van der Waals surface area contributed by atoms with E-state index in [9.17, 15) is 9.59 Å². The Morgan fingerprint density at radius 1 is 1.25 bits per heavy atom. The quantitative estimate of drug-likeness (QED) is 0.669. The summed E-state index contributed by atoms with van der Waals surface area (Å²) in [7, 11) is 0. The zero-order chi connectivity index (χ0) is 16.9. The summed E-state index contributed by atoms with van der Waals surface area (Å²) in [5.74, 6) is 0.111. The van der Waals surface area contributed by atoms with Gasteiger partial charge in [-0.3, -0.25) is 4.79 Å². The zero-order valence-electron chi connectivity index (χ0n) is 12.9. The van der Waals surface area contributed by atoms with Crippen LogP contribution in [-0.4, -0.2) is 25.3 Å². The van der Waals surface area contributed by atoms with Gasteiger partial charge in [0.05, 0.1) is 12.9 Å². The number of hydrogen-bond acceptors (Lipinski definition) is 6. The van der Waals surface area contributed by atoms with Gasteiger partial charge < -0.3 is 23.9 Å². The van der Waals surface area contributed by atoms with E-state index in [1.54, 1.807) is 31.2 Å². The van der Waals surface area contributed by atoms with E-state index in [1.165, 1.54) is 18.4 Å². The molecule has 0 spiro atoms. The maximum atomic E-state index is 12.1. The second kappa shape index (κ2) is 6.91. The van der Waals surface area contributed by atoms with Gasteiger partial charge in [-0.15, -0.1) is 0 Å². The molecule has 1 aliphatic heterocycles. The first kappa shape index (κ1) is 15.7. The molecule has 1 N–H and O–H groups in total. The van der Waals surface area contributed by atoms with Crippen molar-refractivity contribution in [3.63, 3.8) is 0 Å². The minimum absolute atomic E-state index is 0.00267. The van der Waals surface area contributed by atoms with Gasteiger partial charge in [0.25, 0.3) is 5.91 Å². The molecule has 0 aliphatic carbocycles. The van der Waals surface area contributed by atoms with Crippen LogP contribution in [0.2, 0.25) is 0 Å². The lowest BCUT2D eigenvalue weighted by Gasteiger charge is -2.08. The zero-order valence-corrected chi connectivity index (χ0v) is 12.9. The number of carbonyl (C=O) groups excluding carboxylic acids is 2. The van der Waals surface area contributed by atoms with Crippen molar-refractivity contribution in [1.82, 2.24) is 5.32 Å². The van der Waals surface area contributed by atoms with Crippen molar-refractivity contribution < 1.29 is 28.2 Å². The van der Waals surface area contributed by atoms with E-state index in [0.29, 0.717) is 17.1 Å². The minimum atomic E-state index is -0.643. The number of carbonyl (C=O) groups is 2. The molecule has 1 aromatic heterocycles. The predicted octanol–water partition coefficient (Wildman–Crippen LogP) is 2.34. The maximum Gasteiger partial charge on any atom is 0.354 e. The van der Waals surface area contributed by atoms with E-state index in [0.717, 1.165) is 0 Å². The van der Waals surface area contributed by atoms with E-state index >= 15 is 0 Å². The summed E-state index contributed by atoms with van der Waals surface area (Å²) in [6, 6.07) is 8.26. The lowest BCUT2D eigenvalue weighted by Crippen LogP contribution is -2.28. The lowest BCUT2D eigenvalue weighted by atomic mass is 10.1. The second-order valence-corrected chi connectivity index (χ2v) is 4.82. The van der Waals surface area contributed by atoms with Gasteiger partial charge in [-0.25, -0.2) is 4.79 Å². The highest BCUT2D eigenvalue weighted by Crippen LogP contribution is 2.33. The number of fused-ring (bicyclic) bond motifs is 1. The highest BCUT2D eigenvalue weighted by atomic mass is 16.7. The van der Waals surface area contributed by atoms with Crippen LogP contribution in [0, 0.1) is 0 Å². The monoisotopic (exact) mass is 329 g/mol. The molecule has 0 fully saturated rings.